The van der Waals surface area contributed by atoms with E-state index in [1.54, 1.807) is 0 Å². The lowest BCUT2D eigenvalue weighted by Crippen LogP contribution is -2.15. The summed E-state index contributed by atoms with van der Waals surface area (Å²) in [6, 6.07) is 0. The fourth-order valence-electron chi connectivity index (χ4n) is 2.33. The summed E-state index contributed by atoms with van der Waals surface area (Å²) in [7, 11) is 0. The standard InChI is InChI=1S/C7H11N5/c1(7-9-11-12-10-7)4-5-2-8-3-6(4)5/h4-6,8H,1-3H2,(H,9,10,11,12). The van der Waals surface area contributed by atoms with E-state index in [0.29, 0.717) is 0 Å². The van der Waals surface area contributed by atoms with Crippen LogP contribution in [0.3, 0.4) is 0 Å². The normalized spacial score (nSPS) is 38.2. The number of aromatic nitrogens is 4. The molecule has 0 spiro atoms. The molecule has 2 fully saturated rings. The van der Waals surface area contributed by atoms with Gasteiger partial charge in [-0.3, -0.25) is 0 Å². The van der Waals surface area contributed by atoms with Gasteiger partial charge in [0, 0.05) is 6.42 Å². The van der Waals surface area contributed by atoms with Crippen molar-refractivity contribution in [3.05, 3.63) is 5.82 Å². The number of piperidine rings is 1. The smallest absolute Gasteiger partial charge is 0.174 e. The first-order valence-corrected chi connectivity index (χ1v) is 4.38. The van der Waals surface area contributed by atoms with Gasteiger partial charge in [0.1, 0.15) is 0 Å². The van der Waals surface area contributed by atoms with Crippen LogP contribution in [0.25, 0.3) is 0 Å². The maximum absolute atomic E-state index is 3.96. The van der Waals surface area contributed by atoms with Gasteiger partial charge in [0.2, 0.25) is 0 Å². The molecular weight excluding hydrogens is 154 g/mol. The maximum atomic E-state index is 3.96. The molecule has 1 aliphatic carbocycles. The summed E-state index contributed by atoms with van der Waals surface area (Å²) in [5.41, 5.74) is 0. The minimum atomic E-state index is 0.823. The molecule has 1 saturated carbocycles. The van der Waals surface area contributed by atoms with E-state index in [-0.39, 0.29) is 0 Å². The zero-order valence-electron chi connectivity index (χ0n) is 6.70. The fraction of sp³-hybridized carbons (Fsp3) is 0.857. The van der Waals surface area contributed by atoms with Crippen LogP contribution in [0, 0.1) is 17.8 Å². The average Bonchev–Trinajstić information content (AvgIpc) is 2.59. The van der Waals surface area contributed by atoms with Crippen molar-refractivity contribution in [1.82, 2.24) is 25.9 Å². The van der Waals surface area contributed by atoms with Gasteiger partial charge in [-0.2, -0.15) is 5.21 Å². The zero-order chi connectivity index (χ0) is 7.97. The van der Waals surface area contributed by atoms with Gasteiger partial charge in [-0.25, -0.2) is 0 Å². The molecule has 1 aromatic rings. The molecule has 0 amide bonds. The molecule has 3 rings (SSSR count). The number of nitrogens with zero attached hydrogens (tertiary/aromatic N) is 3. The number of nitrogens with one attached hydrogen (secondary N) is 2. The summed E-state index contributed by atoms with van der Waals surface area (Å²) in [6.07, 6.45) is 1.01. The largest absolute Gasteiger partial charge is 0.316 e. The first kappa shape index (κ1) is 6.54. The lowest BCUT2D eigenvalue weighted by Gasteiger charge is -1.99. The highest BCUT2D eigenvalue weighted by Gasteiger charge is 2.52. The summed E-state index contributed by atoms with van der Waals surface area (Å²) in [6.45, 7) is 2.38. The maximum Gasteiger partial charge on any atom is 0.174 e. The van der Waals surface area contributed by atoms with E-state index in [1.165, 1.54) is 13.1 Å². The Balaban J connectivity index is 1.65. The van der Waals surface area contributed by atoms with Gasteiger partial charge in [-0.15, -0.1) is 10.2 Å². The molecule has 2 aliphatic rings. The molecule has 2 heterocycles. The molecule has 1 aliphatic heterocycles. The molecule has 0 bridgehead atoms. The summed E-state index contributed by atoms with van der Waals surface area (Å²) >= 11 is 0. The SMILES string of the molecule is C1NCC2C1C2Cc1nn[nH]n1. The minimum absolute atomic E-state index is 0.823. The Morgan fingerprint density at radius 2 is 2.17 bits per heavy atom. The highest BCUT2D eigenvalue weighted by molar-refractivity contribution is 5.06. The monoisotopic (exact) mass is 165 g/mol. The molecular formula is C7H11N5. The van der Waals surface area contributed by atoms with Crippen LogP contribution < -0.4 is 5.32 Å². The fourth-order valence-corrected chi connectivity index (χ4v) is 2.33. The van der Waals surface area contributed by atoms with E-state index >= 15 is 0 Å². The number of hydrogen-bond acceptors (Lipinski definition) is 4. The molecule has 2 atom stereocenters. The van der Waals surface area contributed by atoms with Gasteiger partial charge in [0.25, 0.3) is 0 Å². The van der Waals surface area contributed by atoms with Crippen LogP contribution >= 0.6 is 0 Å². The zero-order valence-corrected chi connectivity index (χ0v) is 6.70. The van der Waals surface area contributed by atoms with Crippen molar-refractivity contribution in [1.29, 1.82) is 0 Å². The number of hydrogen-bond donors (Lipinski definition) is 2. The van der Waals surface area contributed by atoms with E-state index in [2.05, 4.69) is 25.9 Å². The predicted octanol–water partition coefficient (Wildman–Crippen LogP) is -0.792. The summed E-state index contributed by atoms with van der Waals surface area (Å²) in [4.78, 5) is 0. The highest BCUT2D eigenvalue weighted by Crippen LogP contribution is 2.49. The number of tetrazole rings is 1. The number of fused-ring (bicyclic) bond motifs is 1. The van der Waals surface area contributed by atoms with E-state index in [0.717, 1.165) is 30.0 Å². The van der Waals surface area contributed by atoms with Crippen LogP contribution in [-0.2, 0) is 6.42 Å². The Labute approximate surface area is 69.9 Å². The minimum Gasteiger partial charge on any atom is -0.316 e. The summed E-state index contributed by atoms with van der Waals surface area (Å²) in [5, 5.41) is 17.3. The van der Waals surface area contributed by atoms with Crippen molar-refractivity contribution >= 4 is 0 Å². The Kier molecular flexibility index (Phi) is 1.23. The van der Waals surface area contributed by atoms with Crippen molar-refractivity contribution in [2.24, 2.45) is 17.8 Å². The Bertz CT molecular complexity index is 259. The van der Waals surface area contributed by atoms with E-state index in [4.69, 9.17) is 0 Å². The van der Waals surface area contributed by atoms with Gasteiger partial charge in [-0.1, -0.05) is 5.21 Å². The number of aromatic amines is 1. The Morgan fingerprint density at radius 3 is 2.83 bits per heavy atom. The van der Waals surface area contributed by atoms with Crippen LogP contribution in [0.5, 0.6) is 0 Å². The highest BCUT2D eigenvalue weighted by atomic mass is 15.5. The van der Waals surface area contributed by atoms with Crippen LogP contribution in [0.15, 0.2) is 0 Å². The third-order valence-electron chi connectivity index (χ3n) is 3.08. The first-order chi connectivity index (χ1) is 5.95. The van der Waals surface area contributed by atoms with E-state index < -0.39 is 0 Å². The third kappa shape index (κ3) is 0.859. The van der Waals surface area contributed by atoms with Gasteiger partial charge in [0.05, 0.1) is 0 Å². The van der Waals surface area contributed by atoms with E-state index in [9.17, 15) is 0 Å². The van der Waals surface area contributed by atoms with Gasteiger partial charge >= 0.3 is 0 Å². The summed E-state index contributed by atoms with van der Waals surface area (Å²) in [5.74, 6) is 3.48. The molecule has 12 heavy (non-hydrogen) atoms. The molecule has 1 aromatic heterocycles. The molecule has 0 aromatic carbocycles. The van der Waals surface area contributed by atoms with Crippen molar-refractivity contribution in [2.75, 3.05) is 13.1 Å². The quantitative estimate of drug-likeness (QED) is 0.602. The van der Waals surface area contributed by atoms with Crippen LogP contribution in [-0.4, -0.2) is 33.7 Å². The van der Waals surface area contributed by atoms with Crippen molar-refractivity contribution in [3.63, 3.8) is 0 Å². The second-order valence-electron chi connectivity index (χ2n) is 3.68. The third-order valence-corrected chi connectivity index (χ3v) is 3.08. The summed E-state index contributed by atoms with van der Waals surface area (Å²) < 4.78 is 0. The molecule has 5 nitrogen and oxygen atoms in total. The topological polar surface area (TPSA) is 66.5 Å². The van der Waals surface area contributed by atoms with Crippen molar-refractivity contribution in [2.45, 2.75) is 6.42 Å². The molecule has 2 N–H and O–H groups in total. The Morgan fingerprint density at radius 1 is 1.33 bits per heavy atom. The molecule has 2 unspecified atom stereocenters. The van der Waals surface area contributed by atoms with Crippen molar-refractivity contribution < 1.29 is 0 Å². The lowest BCUT2D eigenvalue weighted by atomic mass is 10.2. The second-order valence-corrected chi connectivity index (χ2v) is 3.68. The average molecular weight is 165 g/mol. The molecule has 0 radical (unpaired) electrons. The number of H-pyrrole nitrogens is 1. The van der Waals surface area contributed by atoms with Gasteiger partial charge in [-0.05, 0) is 30.8 Å². The first-order valence-electron chi connectivity index (χ1n) is 4.38. The van der Waals surface area contributed by atoms with Gasteiger partial charge in [0.15, 0.2) is 5.82 Å². The number of rotatable bonds is 2. The van der Waals surface area contributed by atoms with Crippen LogP contribution in [0.4, 0.5) is 0 Å². The molecule has 64 valence electrons. The predicted molar refractivity (Wildman–Crippen MR) is 41.2 cm³/mol. The van der Waals surface area contributed by atoms with Crippen LogP contribution in [0.2, 0.25) is 0 Å². The molecule has 1 saturated heterocycles. The van der Waals surface area contributed by atoms with Crippen molar-refractivity contribution in [3.8, 4) is 0 Å². The Hall–Kier alpha value is -0.970. The molecule has 5 heteroatoms. The lowest BCUT2D eigenvalue weighted by molar-refractivity contribution is 0.581. The second kappa shape index (κ2) is 2.26. The van der Waals surface area contributed by atoms with E-state index in [1.807, 2.05) is 0 Å². The van der Waals surface area contributed by atoms with Crippen LogP contribution in [0.1, 0.15) is 5.82 Å². The van der Waals surface area contributed by atoms with Gasteiger partial charge < -0.3 is 5.32 Å².